The van der Waals surface area contributed by atoms with Crippen molar-refractivity contribution in [3.05, 3.63) is 54.1 Å². The highest BCUT2D eigenvalue weighted by Gasteiger charge is 2.13. The van der Waals surface area contributed by atoms with E-state index in [-0.39, 0.29) is 0 Å². The number of thioether (sulfide) groups is 1. The van der Waals surface area contributed by atoms with E-state index in [2.05, 4.69) is 49.7 Å². The van der Waals surface area contributed by atoms with E-state index in [0.29, 0.717) is 6.04 Å². The quantitative estimate of drug-likeness (QED) is 0.705. The lowest BCUT2D eigenvalue weighted by atomic mass is 10.0. The van der Waals surface area contributed by atoms with Gasteiger partial charge in [0.1, 0.15) is 11.5 Å². The van der Waals surface area contributed by atoms with Crippen LogP contribution in [-0.2, 0) is 0 Å². The first-order valence-electron chi connectivity index (χ1n) is 7.42. The SMILES string of the molecule is CCNC(CC)c1ccccc1Oc1ccc(SC)cc1. The van der Waals surface area contributed by atoms with Gasteiger partial charge in [0.15, 0.2) is 0 Å². The molecule has 1 unspecified atom stereocenters. The monoisotopic (exact) mass is 301 g/mol. The molecule has 0 fully saturated rings. The Morgan fingerprint density at radius 1 is 1.05 bits per heavy atom. The van der Waals surface area contributed by atoms with E-state index in [1.165, 1.54) is 10.5 Å². The summed E-state index contributed by atoms with van der Waals surface area (Å²) in [6.07, 6.45) is 3.12. The lowest BCUT2D eigenvalue weighted by Gasteiger charge is -2.20. The molecule has 1 N–H and O–H groups in total. The van der Waals surface area contributed by atoms with Crippen molar-refractivity contribution in [3.63, 3.8) is 0 Å². The Labute approximate surface area is 131 Å². The highest BCUT2D eigenvalue weighted by molar-refractivity contribution is 7.98. The van der Waals surface area contributed by atoms with Crippen molar-refractivity contribution >= 4 is 11.8 Å². The molecule has 2 aromatic rings. The molecule has 0 bridgehead atoms. The molecule has 0 aromatic heterocycles. The number of rotatable bonds is 7. The number of ether oxygens (including phenoxy) is 1. The van der Waals surface area contributed by atoms with Gasteiger partial charge in [0.2, 0.25) is 0 Å². The summed E-state index contributed by atoms with van der Waals surface area (Å²) in [5.41, 5.74) is 1.22. The predicted octanol–water partition coefficient (Wildman–Crippen LogP) is 5.26. The van der Waals surface area contributed by atoms with Crippen LogP contribution >= 0.6 is 11.8 Å². The van der Waals surface area contributed by atoms with Crippen LogP contribution in [0.5, 0.6) is 11.5 Å². The highest BCUT2D eigenvalue weighted by Crippen LogP contribution is 2.31. The normalized spacial score (nSPS) is 12.1. The van der Waals surface area contributed by atoms with Gasteiger partial charge in [-0.05, 0) is 49.6 Å². The fourth-order valence-corrected chi connectivity index (χ4v) is 2.76. The molecule has 2 nitrogen and oxygen atoms in total. The summed E-state index contributed by atoms with van der Waals surface area (Å²) in [5.74, 6) is 1.81. The van der Waals surface area contributed by atoms with E-state index in [1.54, 1.807) is 11.8 Å². The molecule has 112 valence electrons. The molecule has 1 atom stereocenters. The van der Waals surface area contributed by atoms with E-state index in [1.807, 2.05) is 24.3 Å². The molecule has 0 saturated carbocycles. The van der Waals surface area contributed by atoms with Crippen molar-refractivity contribution in [2.24, 2.45) is 0 Å². The van der Waals surface area contributed by atoms with Crippen LogP contribution in [-0.4, -0.2) is 12.8 Å². The van der Waals surface area contributed by atoms with Gasteiger partial charge in [-0.2, -0.15) is 0 Å². The third-order valence-corrected chi connectivity index (χ3v) is 4.18. The van der Waals surface area contributed by atoms with Crippen LogP contribution in [0.4, 0.5) is 0 Å². The maximum absolute atomic E-state index is 6.09. The van der Waals surface area contributed by atoms with Gasteiger partial charge in [-0.1, -0.05) is 32.0 Å². The summed E-state index contributed by atoms with van der Waals surface area (Å²) in [6, 6.07) is 16.8. The van der Waals surface area contributed by atoms with Crippen molar-refractivity contribution in [2.75, 3.05) is 12.8 Å². The van der Waals surface area contributed by atoms with E-state index in [9.17, 15) is 0 Å². The summed E-state index contributed by atoms with van der Waals surface area (Å²) in [6.45, 7) is 5.28. The summed E-state index contributed by atoms with van der Waals surface area (Å²) in [7, 11) is 0. The highest BCUT2D eigenvalue weighted by atomic mass is 32.2. The first-order chi connectivity index (χ1) is 10.3. The maximum atomic E-state index is 6.09. The number of benzene rings is 2. The first kappa shape index (κ1) is 15.9. The topological polar surface area (TPSA) is 21.3 Å². The van der Waals surface area contributed by atoms with Crippen LogP contribution < -0.4 is 10.1 Å². The van der Waals surface area contributed by atoms with Gasteiger partial charge in [-0.25, -0.2) is 0 Å². The molecule has 3 heteroatoms. The summed E-state index contributed by atoms with van der Waals surface area (Å²) >= 11 is 1.74. The smallest absolute Gasteiger partial charge is 0.132 e. The summed E-state index contributed by atoms with van der Waals surface area (Å²) < 4.78 is 6.09. The standard InChI is InChI=1S/C18H23NOS/c1-4-17(19-5-2)16-8-6-7-9-18(16)20-14-10-12-15(21-3)13-11-14/h6-13,17,19H,4-5H2,1-3H3. The minimum Gasteiger partial charge on any atom is -0.457 e. The Bertz CT molecular complexity index is 553. The molecule has 0 aliphatic heterocycles. The largest absolute Gasteiger partial charge is 0.457 e. The van der Waals surface area contributed by atoms with Crippen molar-refractivity contribution < 1.29 is 4.74 Å². The summed E-state index contributed by atoms with van der Waals surface area (Å²) in [4.78, 5) is 1.25. The fourth-order valence-electron chi connectivity index (χ4n) is 2.35. The zero-order valence-corrected chi connectivity index (χ0v) is 13.7. The third-order valence-electron chi connectivity index (χ3n) is 3.44. The van der Waals surface area contributed by atoms with Crippen LogP contribution in [0.1, 0.15) is 31.9 Å². The third kappa shape index (κ3) is 4.26. The molecule has 21 heavy (non-hydrogen) atoms. The predicted molar refractivity (Wildman–Crippen MR) is 91.4 cm³/mol. The minimum atomic E-state index is 0.330. The molecule has 0 amide bonds. The van der Waals surface area contributed by atoms with Crippen molar-refractivity contribution in [2.45, 2.75) is 31.2 Å². The Hall–Kier alpha value is -1.45. The molecule has 0 saturated heterocycles. The van der Waals surface area contributed by atoms with Crippen LogP contribution in [0.25, 0.3) is 0 Å². The van der Waals surface area contributed by atoms with Crippen LogP contribution in [0.3, 0.4) is 0 Å². The second-order valence-corrected chi connectivity index (χ2v) is 5.71. The molecule has 0 aliphatic carbocycles. The minimum absolute atomic E-state index is 0.330. The van der Waals surface area contributed by atoms with Gasteiger partial charge in [-0.3, -0.25) is 0 Å². The fraction of sp³-hybridized carbons (Fsp3) is 0.333. The molecular formula is C18H23NOS. The lowest BCUT2D eigenvalue weighted by molar-refractivity contribution is 0.452. The van der Waals surface area contributed by atoms with E-state index in [4.69, 9.17) is 4.74 Å². The van der Waals surface area contributed by atoms with Crippen LogP contribution in [0, 0.1) is 0 Å². The number of para-hydroxylation sites is 1. The first-order valence-corrected chi connectivity index (χ1v) is 8.65. The molecule has 2 rings (SSSR count). The van der Waals surface area contributed by atoms with E-state index >= 15 is 0 Å². The van der Waals surface area contributed by atoms with Gasteiger partial charge in [-0.15, -0.1) is 11.8 Å². The molecular weight excluding hydrogens is 278 g/mol. The van der Waals surface area contributed by atoms with E-state index in [0.717, 1.165) is 24.5 Å². The van der Waals surface area contributed by atoms with Crippen molar-refractivity contribution in [3.8, 4) is 11.5 Å². The summed E-state index contributed by atoms with van der Waals surface area (Å²) in [5, 5.41) is 3.51. The van der Waals surface area contributed by atoms with Gasteiger partial charge in [0.25, 0.3) is 0 Å². The molecule has 0 heterocycles. The zero-order chi connectivity index (χ0) is 15.1. The van der Waals surface area contributed by atoms with Crippen LogP contribution in [0.15, 0.2) is 53.4 Å². The maximum Gasteiger partial charge on any atom is 0.132 e. The number of hydrogen-bond donors (Lipinski definition) is 1. The molecule has 2 aromatic carbocycles. The molecule has 0 radical (unpaired) electrons. The molecule has 0 aliphatic rings. The number of hydrogen-bond acceptors (Lipinski definition) is 3. The number of nitrogens with one attached hydrogen (secondary N) is 1. The van der Waals surface area contributed by atoms with Crippen LogP contribution in [0.2, 0.25) is 0 Å². The lowest BCUT2D eigenvalue weighted by Crippen LogP contribution is -2.20. The zero-order valence-electron chi connectivity index (χ0n) is 12.9. The van der Waals surface area contributed by atoms with Gasteiger partial charge < -0.3 is 10.1 Å². The Morgan fingerprint density at radius 2 is 1.76 bits per heavy atom. The second-order valence-electron chi connectivity index (χ2n) is 4.83. The Balaban J connectivity index is 2.22. The van der Waals surface area contributed by atoms with Crippen molar-refractivity contribution in [1.29, 1.82) is 0 Å². The average molecular weight is 301 g/mol. The Morgan fingerprint density at radius 3 is 2.38 bits per heavy atom. The van der Waals surface area contributed by atoms with Gasteiger partial charge in [0, 0.05) is 16.5 Å². The Kier molecular flexibility index (Phi) is 6.15. The average Bonchev–Trinajstić information content (AvgIpc) is 2.54. The second kappa shape index (κ2) is 8.11. The molecule has 0 spiro atoms. The van der Waals surface area contributed by atoms with Gasteiger partial charge in [0.05, 0.1) is 0 Å². The van der Waals surface area contributed by atoms with Gasteiger partial charge >= 0.3 is 0 Å². The van der Waals surface area contributed by atoms with Crippen molar-refractivity contribution in [1.82, 2.24) is 5.32 Å². The van der Waals surface area contributed by atoms with E-state index < -0.39 is 0 Å².